The van der Waals surface area contributed by atoms with E-state index < -0.39 is 90.2 Å². The van der Waals surface area contributed by atoms with Crippen LogP contribution in [0.4, 0.5) is 5.82 Å². The van der Waals surface area contributed by atoms with Gasteiger partial charge in [-0.25, -0.2) is 28.6 Å². The number of aliphatic hydroxyl groups is 3. The molecule has 2 amide bonds. The summed E-state index contributed by atoms with van der Waals surface area (Å²) in [6.45, 7) is 3.52. The van der Waals surface area contributed by atoms with E-state index in [4.69, 9.17) is 24.0 Å². The number of nitrogens with one attached hydrogen (secondary N) is 2. The molecule has 1 saturated heterocycles. The summed E-state index contributed by atoms with van der Waals surface area (Å²) in [6, 6.07) is 0. The summed E-state index contributed by atoms with van der Waals surface area (Å²) >= 11 is 2.47. The molecule has 0 radical (unpaired) electrons. The normalized spacial score (nSPS) is 23.2. The quantitative estimate of drug-likeness (QED) is 0.0461. The Labute approximate surface area is 340 Å². The zero-order valence-corrected chi connectivity index (χ0v) is 35.9. The summed E-state index contributed by atoms with van der Waals surface area (Å²) in [6.07, 6.45) is -6.32. The van der Waals surface area contributed by atoms with Gasteiger partial charge in [-0.05, 0) is 12.7 Å². The van der Waals surface area contributed by atoms with Gasteiger partial charge < -0.3 is 56.0 Å². The minimum absolute atomic E-state index is 0.00716. The smallest absolute Gasteiger partial charge is 0.392 e. The lowest BCUT2D eigenvalue weighted by atomic mass is 9.87. The molecule has 11 N–H and O–H groups in total. The summed E-state index contributed by atoms with van der Waals surface area (Å²) in [4.78, 5) is 87.9. The van der Waals surface area contributed by atoms with Crippen LogP contribution in [0, 0.1) is 5.41 Å². The van der Waals surface area contributed by atoms with Crippen molar-refractivity contribution in [2.45, 2.75) is 76.8 Å². The Kier molecular flexibility index (Phi) is 18.3. The molecule has 1 aliphatic heterocycles. The molecular weight excluding hydrogens is 879 g/mol. The molecule has 30 heteroatoms. The van der Waals surface area contributed by atoms with E-state index >= 15 is 0 Å². The average Bonchev–Trinajstić information content (AvgIpc) is 3.66. The molecular formula is C28H48N7O18P3S2. The van der Waals surface area contributed by atoms with Gasteiger partial charge >= 0.3 is 23.5 Å². The third-order valence-electron chi connectivity index (χ3n) is 8.17. The Bertz CT molecular complexity index is 1890. The highest BCUT2D eigenvalue weighted by atomic mass is 32.2. The molecule has 1 aliphatic rings. The second-order valence-corrected chi connectivity index (χ2v) is 20.1. The average molecular weight is 928 g/mol. The van der Waals surface area contributed by atoms with Crippen molar-refractivity contribution < 1.29 is 85.6 Å². The van der Waals surface area contributed by atoms with Crippen molar-refractivity contribution >= 4 is 80.9 Å². The Morgan fingerprint density at radius 2 is 1.74 bits per heavy atom. The number of anilines is 1. The van der Waals surface area contributed by atoms with Crippen molar-refractivity contribution in [1.82, 2.24) is 30.2 Å². The van der Waals surface area contributed by atoms with E-state index in [9.17, 15) is 63.0 Å². The van der Waals surface area contributed by atoms with Gasteiger partial charge in [0.25, 0.3) is 0 Å². The van der Waals surface area contributed by atoms with Gasteiger partial charge in [-0.3, -0.25) is 32.5 Å². The molecule has 8 atom stereocenters. The molecule has 8 unspecified atom stereocenters. The highest BCUT2D eigenvalue weighted by Crippen LogP contribution is 2.61. The summed E-state index contributed by atoms with van der Waals surface area (Å²) in [7, 11) is -16.5. The maximum atomic E-state index is 12.8. The summed E-state index contributed by atoms with van der Waals surface area (Å²) in [5.74, 6) is 0.00563. The van der Waals surface area contributed by atoms with Gasteiger partial charge in [0.2, 0.25) is 11.8 Å². The number of carbonyl (C=O) groups excluding carboxylic acids is 3. The molecule has 3 heterocycles. The summed E-state index contributed by atoms with van der Waals surface area (Å²) < 4.78 is 62.7. The van der Waals surface area contributed by atoms with Crippen LogP contribution >= 0.6 is 47.0 Å². The Morgan fingerprint density at radius 1 is 1.07 bits per heavy atom. The number of aliphatic hydroxyl groups excluding tert-OH is 3. The number of aromatic nitrogens is 4. The molecule has 330 valence electrons. The minimum atomic E-state index is -5.60. The first-order chi connectivity index (χ1) is 26.8. The molecule has 3 rings (SSSR count). The largest absolute Gasteiger partial charge is 0.481 e. The van der Waals surface area contributed by atoms with Crippen LogP contribution in [0.5, 0.6) is 0 Å². The number of nitrogens with zero attached hydrogens (tertiary/aromatic N) is 4. The van der Waals surface area contributed by atoms with E-state index in [0.29, 0.717) is 5.75 Å². The number of phosphoric ester groups is 3. The second kappa shape index (κ2) is 21.1. The molecule has 0 spiro atoms. The first kappa shape index (κ1) is 50.2. The van der Waals surface area contributed by atoms with Gasteiger partial charge in [0, 0.05) is 42.9 Å². The molecule has 25 nitrogen and oxygen atoms in total. The lowest BCUT2D eigenvalue weighted by Gasteiger charge is -2.30. The maximum Gasteiger partial charge on any atom is 0.481 e. The maximum absolute atomic E-state index is 12.8. The fraction of sp³-hybridized carbons (Fsp3) is 0.714. The lowest BCUT2D eigenvalue weighted by Crippen LogP contribution is -2.46. The number of phosphoric acid groups is 3. The molecule has 0 bridgehead atoms. The predicted octanol–water partition coefficient (Wildman–Crippen LogP) is -0.657. The number of imidazole rings is 1. The first-order valence-electron chi connectivity index (χ1n) is 17.1. The summed E-state index contributed by atoms with van der Waals surface area (Å²) in [5.41, 5.74) is 2.27. The van der Waals surface area contributed by atoms with Crippen molar-refractivity contribution in [1.29, 1.82) is 0 Å². The van der Waals surface area contributed by atoms with Crippen molar-refractivity contribution in [3.05, 3.63) is 12.7 Å². The van der Waals surface area contributed by atoms with E-state index in [1.54, 1.807) is 0 Å². The minimum Gasteiger partial charge on any atom is -0.392 e. The number of nitrogens with two attached hydrogens (primary N) is 1. The van der Waals surface area contributed by atoms with Crippen LogP contribution < -0.4 is 16.4 Å². The highest BCUT2D eigenvalue weighted by Gasteiger charge is 2.57. The number of fused-ring (bicyclic) bond motifs is 1. The third-order valence-corrected chi connectivity index (χ3v) is 13.2. The number of hydrogen-bond donors (Lipinski definition) is 10. The third kappa shape index (κ3) is 14.8. The molecule has 0 saturated carbocycles. The van der Waals surface area contributed by atoms with Gasteiger partial charge in [0.05, 0.1) is 25.6 Å². The number of nitrogen functional groups attached to an aromatic ring is 1. The van der Waals surface area contributed by atoms with Gasteiger partial charge in [0.1, 0.15) is 36.3 Å². The van der Waals surface area contributed by atoms with E-state index in [1.807, 2.05) is 6.92 Å². The molecule has 2 aromatic rings. The van der Waals surface area contributed by atoms with E-state index in [1.165, 1.54) is 32.5 Å². The fourth-order valence-corrected chi connectivity index (χ4v) is 9.36. The fourth-order valence-electron chi connectivity index (χ4n) is 5.17. The Hall–Kier alpha value is -2.13. The number of amides is 2. The number of carbonyl (C=O) groups is 3. The molecule has 2 aromatic heterocycles. The SMILES string of the molecule is CCSCC(O)CC(=O)SCCNC(=O)CCNC(=O)C(O)C(C)(C)COP(=O)(O)OP(=O)(O)OCC1OC(C)(n2cnc3c(N)ncnc32)C(O)C1OP(=O)(O)O. The molecule has 1 fully saturated rings. The van der Waals surface area contributed by atoms with Crippen LogP contribution in [0.25, 0.3) is 11.2 Å². The Balaban J connectivity index is 1.49. The van der Waals surface area contributed by atoms with Crippen LogP contribution in [0.1, 0.15) is 40.5 Å². The van der Waals surface area contributed by atoms with Crippen LogP contribution in [0.2, 0.25) is 0 Å². The number of thioether (sulfide) groups is 2. The first-order valence-corrected chi connectivity index (χ1v) is 23.8. The predicted molar refractivity (Wildman–Crippen MR) is 205 cm³/mol. The number of rotatable bonds is 24. The van der Waals surface area contributed by atoms with E-state index in [0.717, 1.165) is 34.7 Å². The van der Waals surface area contributed by atoms with Crippen molar-refractivity contribution in [3.8, 4) is 0 Å². The molecule has 58 heavy (non-hydrogen) atoms. The monoisotopic (exact) mass is 927 g/mol. The Morgan fingerprint density at radius 3 is 2.40 bits per heavy atom. The van der Waals surface area contributed by atoms with Crippen molar-refractivity contribution in [2.24, 2.45) is 5.41 Å². The zero-order chi connectivity index (χ0) is 43.7. The van der Waals surface area contributed by atoms with Gasteiger partial charge in [0.15, 0.2) is 22.3 Å². The summed E-state index contributed by atoms with van der Waals surface area (Å²) in [5, 5.41) is 36.2. The molecule has 0 aromatic carbocycles. The van der Waals surface area contributed by atoms with Crippen LogP contribution in [0.3, 0.4) is 0 Å². The molecule has 0 aliphatic carbocycles. The van der Waals surface area contributed by atoms with Crippen LogP contribution in [-0.4, -0.2) is 145 Å². The zero-order valence-electron chi connectivity index (χ0n) is 31.6. The standard InChI is InChI=1S/C28H48N7O18P3S2/c1-5-57-12-16(36)10-19(38)58-9-8-30-18(37)6-7-31-26(41)23(40)27(2,3)13-50-56(47,48)53-55(45,46)49-11-17-21(52-54(42,43)44)22(39)28(4,51-17)35-15-34-20-24(29)32-14-33-25(20)35/h14-17,21-23,36,39-40H,5-13H2,1-4H3,(H,30,37)(H,31,41)(H,45,46)(H,47,48)(H2,29,32,33)(H2,42,43,44). The van der Waals surface area contributed by atoms with Gasteiger partial charge in [-0.1, -0.05) is 32.5 Å². The van der Waals surface area contributed by atoms with Gasteiger partial charge in [-0.15, -0.1) is 0 Å². The van der Waals surface area contributed by atoms with Gasteiger partial charge in [-0.2, -0.15) is 16.1 Å². The van der Waals surface area contributed by atoms with Crippen LogP contribution in [0.15, 0.2) is 12.7 Å². The van der Waals surface area contributed by atoms with Crippen LogP contribution in [-0.2, 0) is 56.4 Å². The highest BCUT2D eigenvalue weighted by molar-refractivity contribution is 8.13. The number of hydrogen-bond acceptors (Lipinski definition) is 20. The second-order valence-electron chi connectivity index (χ2n) is 13.4. The van der Waals surface area contributed by atoms with Crippen molar-refractivity contribution in [2.75, 3.05) is 49.3 Å². The lowest BCUT2D eigenvalue weighted by molar-refractivity contribution is -0.137. The van der Waals surface area contributed by atoms with Crippen molar-refractivity contribution in [3.63, 3.8) is 0 Å². The van der Waals surface area contributed by atoms with E-state index in [-0.39, 0.29) is 53.8 Å². The topological polar surface area (TPSA) is 384 Å². The van der Waals surface area contributed by atoms with E-state index in [2.05, 4.69) is 29.9 Å². The number of ether oxygens (including phenoxy) is 1.